The molecule has 0 spiro atoms. The number of likely N-dealkylation sites (tertiary alicyclic amines) is 1. The van der Waals surface area contributed by atoms with Crippen molar-refractivity contribution in [2.45, 2.75) is 104 Å². The van der Waals surface area contributed by atoms with Crippen LogP contribution >= 0.6 is 0 Å². The van der Waals surface area contributed by atoms with Crippen molar-refractivity contribution in [1.82, 2.24) is 4.90 Å². The Morgan fingerprint density at radius 2 is 1.63 bits per heavy atom. The van der Waals surface area contributed by atoms with Crippen LogP contribution in [-0.4, -0.2) is 44.0 Å². The summed E-state index contributed by atoms with van der Waals surface area (Å²) in [5, 5.41) is 0. The standard InChI is InChI=1S/C21H39NO4Si/c1-7-27(8-2,9-3)26-18-17(16-13-11-10-12-14-16)22(19(18)23)20(24)25-15-21(4,5)6/h16-18H,7-15H2,1-6H3/t17-,18+/m1/s1. The lowest BCUT2D eigenvalue weighted by Crippen LogP contribution is -2.72. The highest BCUT2D eigenvalue weighted by Crippen LogP contribution is 2.40. The molecule has 1 saturated heterocycles. The fourth-order valence-corrected chi connectivity index (χ4v) is 7.14. The monoisotopic (exact) mass is 397 g/mol. The number of imide groups is 1. The van der Waals surface area contributed by atoms with E-state index in [4.69, 9.17) is 9.16 Å². The van der Waals surface area contributed by atoms with Gasteiger partial charge in [0.15, 0.2) is 8.32 Å². The van der Waals surface area contributed by atoms with Crippen LogP contribution in [0.25, 0.3) is 0 Å². The lowest BCUT2D eigenvalue weighted by Gasteiger charge is -2.51. The second kappa shape index (κ2) is 9.08. The molecule has 1 aliphatic heterocycles. The van der Waals surface area contributed by atoms with Crippen LogP contribution in [0.15, 0.2) is 0 Å². The van der Waals surface area contributed by atoms with Crippen LogP contribution < -0.4 is 0 Å². The average Bonchev–Trinajstić information content (AvgIpc) is 2.65. The first-order valence-corrected chi connectivity index (χ1v) is 13.4. The van der Waals surface area contributed by atoms with E-state index < -0.39 is 20.5 Å². The third-order valence-electron chi connectivity index (χ3n) is 6.36. The zero-order chi connectivity index (χ0) is 20.2. The molecule has 2 amide bonds. The highest BCUT2D eigenvalue weighted by Gasteiger charge is 2.57. The van der Waals surface area contributed by atoms with Crippen LogP contribution in [-0.2, 0) is 14.0 Å². The number of hydrogen-bond acceptors (Lipinski definition) is 4. The second-order valence-corrected chi connectivity index (χ2v) is 14.2. The van der Waals surface area contributed by atoms with E-state index >= 15 is 0 Å². The maximum Gasteiger partial charge on any atom is 0.416 e. The Hall–Kier alpha value is -0.883. The Kier molecular flexibility index (Phi) is 7.53. The van der Waals surface area contributed by atoms with E-state index in [-0.39, 0.29) is 17.4 Å². The first-order chi connectivity index (χ1) is 12.7. The van der Waals surface area contributed by atoms with Crippen molar-refractivity contribution >= 4 is 20.3 Å². The maximum atomic E-state index is 12.9. The second-order valence-electron chi connectivity index (χ2n) is 9.49. The molecule has 0 radical (unpaired) electrons. The van der Waals surface area contributed by atoms with E-state index in [1.807, 2.05) is 20.8 Å². The molecule has 0 N–H and O–H groups in total. The third-order valence-corrected chi connectivity index (χ3v) is 11.0. The molecular weight excluding hydrogens is 358 g/mol. The number of ether oxygens (including phenoxy) is 1. The number of nitrogens with zero attached hydrogens (tertiary/aromatic N) is 1. The van der Waals surface area contributed by atoms with Crippen LogP contribution in [0.1, 0.15) is 73.6 Å². The molecule has 2 aliphatic rings. The van der Waals surface area contributed by atoms with Gasteiger partial charge in [-0.3, -0.25) is 4.79 Å². The average molecular weight is 398 g/mol. The zero-order valence-electron chi connectivity index (χ0n) is 18.2. The van der Waals surface area contributed by atoms with E-state index in [0.29, 0.717) is 12.5 Å². The van der Waals surface area contributed by atoms with Gasteiger partial charge in [-0.15, -0.1) is 0 Å². The number of rotatable bonds is 7. The normalized spacial score (nSPS) is 24.7. The SMILES string of the molecule is CC[Si](CC)(CC)O[C@@H]1C(=O)N(C(=O)OCC(C)(C)C)[C@@H]1C1CCCCC1. The molecule has 156 valence electrons. The topological polar surface area (TPSA) is 55.8 Å². The summed E-state index contributed by atoms with van der Waals surface area (Å²) in [7, 11) is -1.91. The van der Waals surface area contributed by atoms with Crippen molar-refractivity contribution in [1.29, 1.82) is 0 Å². The number of hydrogen-bond donors (Lipinski definition) is 0. The van der Waals surface area contributed by atoms with Crippen molar-refractivity contribution in [2.24, 2.45) is 11.3 Å². The fourth-order valence-electron chi connectivity index (χ4n) is 4.37. The third kappa shape index (κ3) is 5.14. The van der Waals surface area contributed by atoms with Gasteiger partial charge in [-0.25, -0.2) is 9.69 Å². The Bertz CT molecular complexity index is 513. The minimum atomic E-state index is -1.91. The first-order valence-electron chi connectivity index (χ1n) is 10.9. The Morgan fingerprint density at radius 3 is 2.11 bits per heavy atom. The molecule has 0 unspecified atom stereocenters. The van der Waals surface area contributed by atoms with Gasteiger partial charge >= 0.3 is 6.09 Å². The van der Waals surface area contributed by atoms with Gasteiger partial charge in [-0.2, -0.15) is 0 Å². The highest BCUT2D eigenvalue weighted by molar-refractivity contribution is 6.73. The van der Waals surface area contributed by atoms with Crippen molar-refractivity contribution in [3.8, 4) is 0 Å². The van der Waals surface area contributed by atoms with E-state index in [9.17, 15) is 9.59 Å². The van der Waals surface area contributed by atoms with E-state index in [2.05, 4.69) is 20.8 Å². The van der Waals surface area contributed by atoms with Crippen molar-refractivity contribution < 1.29 is 18.8 Å². The predicted molar refractivity (Wildman–Crippen MR) is 110 cm³/mol. The van der Waals surface area contributed by atoms with Crippen molar-refractivity contribution in [2.75, 3.05) is 6.61 Å². The van der Waals surface area contributed by atoms with E-state index in [0.717, 1.165) is 31.0 Å². The first kappa shape index (κ1) is 22.4. The maximum absolute atomic E-state index is 12.9. The molecule has 2 fully saturated rings. The molecule has 2 rings (SSSR count). The summed E-state index contributed by atoms with van der Waals surface area (Å²) >= 11 is 0. The number of β-lactam (4-membered cyclic amide) rings is 1. The predicted octanol–water partition coefficient (Wildman–Crippen LogP) is 5.35. The van der Waals surface area contributed by atoms with E-state index in [1.165, 1.54) is 24.2 Å². The molecule has 1 heterocycles. The van der Waals surface area contributed by atoms with Gasteiger partial charge < -0.3 is 9.16 Å². The summed E-state index contributed by atoms with van der Waals surface area (Å²) in [6.45, 7) is 12.9. The lowest BCUT2D eigenvalue weighted by atomic mass is 9.77. The largest absolute Gasteiger partial charge is 0.449 e. The lowest BCUT2D eigenvalue weighted by molar-refractivity contribution is -0.165. The van der Waals surface area contributed by atoms with Gasteiger partial charge in [0.25, 0.3) is 5.91 Å². The smallest absolute Gasteiger partial charge is 0.416 e. The Balaban J connectivity index is 2.17. The molecule has 27 heavy (non-hydrogen) atoms. The quantitative estimate of drug-likeness (QED) is 0.429. The molecule has 6 heteroatoms. The zero-order valence-corrected chi connectivity index (χ0v) is 19.2. The molecule has 0 bridgehead atoms. The van der Waals surface area contributed by atoms with Gasteiger partial charge in [0.1, 0.15) is 6.10 Å². The molecule has 2 atom stereocenters. The molecule has 0 aromatic rings. The Morgan fingerprint density at radius 1 is 1.07 bits per heavy atom. The molecule has 5 nitrogen and oxygen atoms in total. The molecule has 0 aromatic carbocycles. The summed E-state index contributed by atoms with van der Waals surface area (Å²) in [6.07, 6.45) is 4.80. The van der Waals surface area contributed by atoms with Gasteiger partial charge in [0.05, 0.1) is 12.6 Å². The summed E-state index contributed by atoms with van der Waals surface area (Å²) < 4.78 is 12.0. The fraction of sp³-hybridized carbons (Fsp3) is 0.905. The number of carbonyl (C=O) groups is 2. The molecule has 1 aliphatic carbocycles. The van der Waals surface area contributed by atoms with Crippen molar-refractivity contribution in [3.63, 3.8) is 0 Å². The van der Waals surface area contributed by atoms with Crippen LogP contribution in [0.2, 0.25) is 18.1 Å². The minimum absolute atomic E-state index is 0.117. The molecule has 0 aromatic heterocycles. The number of amides is 2. The van der Waals surface area contributed by atoms with Gasteiger partial charge in [0.2, 0.25) is 0 Å². The van der Waals surface area contributed by atoms with Gasteiger partial charge in [-0.1, -0.05) is 60.8 Å². The highest BCUT2D eigenvalue weighted by atomic mass is 28.4. The van der Waals surface area contributed by atoms with Crippen LogP contribution in [0.3, 0.4) is 0 Å². The van der Waals surface area contributed by atoms with Crippen molar-refractivity contribution in [3.05, 3.63) is 0 Å². The summed E-state index contributed by atoms with van der Waals surface area (Å²) in [5.74, 6) is 0.164. The van der Waals surface area contributed by atoms with Gasteiger partial charge in [-0.05, 0) is 42.3 Å². The summed E-state index contributed by atoms with van der Waals surface area (Å²) in [6, 6.07) is 2.89. The molecule has 1 saturated carbocycles. The van der Waals surface area contributed by atoms with Crippen LogP contribution in [0.5, 0.6) is 0 Å². The van der Waals surface area contributed by atoms with E-state index in [1.54, 1.807) is 0 Å². The van der Waals surface area contributed by atoms with Crippen LogP contribution in [0.4, 0.5) is 4.79 Å². The summed E-state index contributed by atoms with van der Waals surface area (Å²) in [4.78, 5) is 27.0. The number of carbonyl (C=O) groups excluding carboxylic acids is 2. The Labute approximate surface area is 166 Å². The van der Waals surface area contributed by atoms with Crippen LogP contribution in [0, 0.1) is 11.3 Å². The minimum Gasteiger partial charge on any atom is -0.449 e. The molecular formula is C21H39NO4Si. The van der Waals surface area contributed by atoms with Gasteiger partial charge in [0, 0.05) is 0 Å². The summed E-state index contributed by atoms with van der Waals surface area (Å²) in [5.41, 5.74) is -0.117.